The minimum absolute atomic E-state index is 0.198. The van der Waals surface area contributed by atoms with Gasteiger partial charge in [0.25, 0.3) is 0 Å². The number of benzene rings is 1. The van der Waals surface area contributed by atoms with Crippen molar-refractivity contribution in [3.63, 3.8) is 0 Å². The molecule has 0 bridgehead atoms. The summed E-state index contributed by atoms with van der Waals surface area (Å²) in [5.41, 5.74) is 5.87. The lowest BCUT2D eigenvalue weighted by Gasteiger charge is -2.07. The molecule has 1 aromatic carbocycles. The van der Waals surface area contributed by atoms with Gasteiger partial charge in [0.15, 0.2) is 0 Å². The van der Waals surface area contributed by atoms with Crippen LogP contribution in [0.2, 0.25) is 0 Å². The Balaban J connectivity index is 3.17. The first kappa shape index (κ1) is 11.7. The van der Waals surface area contributed by atoms with Crippen LogP contribution < -0.4 is 11.0 Å². The van der Waals surface area contributed by atoms with Crippen molar-refractivity contribution >= 4 is 24.6 Å². The van der Waals surface area contributed by atoms with E-state index in [1.165, 1.54) is 12.1 Å². The van der Waals surface area contributed by atoms with Gasteiger partial charge in [-0.2, -0.15) is 0 Å². The van der Waals surface area contributed by atoms with Crippen molar-refractivity contribution in [3.8, 4) is 0 Å². The SMILES string of the molecule is Nc1ccc(P(=O)(O)O)cc1CC(=O)O. The Labute approximate surface area is 85.5 Å². The van der Waals surface area contributed by atoms with Crippen molar-refractivity contribution in [2.45, 2.75) is 6.42 Å². The summed E-state index contributed by atoms with van der Waals surface area (Å²) in [5, 5.41) is 8.31. The largest absolute Gasteiger partial charge is 0.481 e. The maximum atomic E-state index is 10.9. The summed E-state index contributed by atoms with van der Waals surface area (Å²) in [6.45, 7) is 0. The summed E-state index contributed by atoms with van der Waals surface area (Å²) >= 11 is 0. The Morgan fingerprint density at radius 3 is 2.47 bits per heavy atom. The highest BCUT2D eigenvalue weighted by Crippen LogP contribution is 2.33. The molecule has 0 saturated carbocycles. The summed E-state index contributed by atoms with van der Waals surface area (Å²) in [6.07, 6.45) is -0.361. The van der Waals surface area contributed by atoms with Crippen LogP contribution >= 0.6 is 7.60 Å². The lowest BCUT2D eigenvalue weighted by atomic mass is 10.1. The van der Waals surface area contributed by atoms with E-state index in [1.807, 2.05) is 0 Å². The third-order valence-corrected chi connectivity index (χ3v) is 2.76. The molecule has 6 nitrogen and oxygen atoms in total. The van der Waals surface area contributed by atoms with Gasteiger partial charge in [-0.15, -0.1) is 0 Å². The minimum atomic E-state index is -4.36. The molecule has 1 aromatic rings. The molecule has 1 rings (SSSR count). The molecule has 0 atom stereocenters. The fourth-order valence-electron chi connectivity index (χ4n) is 1.09. The fraction of sp³-hybridized carbons (Fsp3) is 0.125. The summed E-state index contributed by atoms with van der Waals surface area (Å²) < 4.78 is 10.9. The zero-order chi connectivity index (χ0) is 11.6. The van der Waals surface area contributed by atoms with Crippen molar-refractivity contribution in [2.24, 2.45) is 0 Å². The van der Waals surface area contributed by atoms with Crippen LogP contribution in [-0.4, -0.2) is 20.9 Å². The first-order valence-electron chi connectivity index (χ1n) is 3.97. The molecule has 0 aliphatic carbocycles. The lowest BCUT2D eigenvalue weighted by molar-refractivity contribution is -0.136. The predicted octanol–water partition coefficient (Wildman–Crippen LogP) is -0.301. The number of hydrogen-bond acceptors (Lipinski definition) is 3. The highest BCUT2D eigenvalue weighted by Gasteiger charge is 2.18. The molecule has 0 unspecified atom stereocenters. The second kappa shape index (κ2) is 4.02. The van der Waals surface area contributed by atoms with Crippen LogP contribution in [0.25, 0.3) is 0 Å². The van der Waals surface area contributed by atoms with Crippen LogP contribution in [0.1, 0.15) is 5.56 Å². The van der Waals surface area contributed by atoms with Gasteiger partial charge in [0, 0.05) is 5.69 Å². The van der Waals surface area contributed by atoms with E-state index < -0.39 is 13.6 Å². The van der Waals surface area contributed by atoms with Crippen LogP contribution in [0.5, 0.6) is 0 Å². The van der Waals surface area contributed by atoms with E-state index in [9.17, 15) is 9.36 Å². The molecular weight excluding hydrogens is 221 g/mol. The van der Waals surface area contributed by atoms with E-state index in [0.717, 1.165) is 6.07 Å². The normalized spacial score (nSPS) is 11.3. The Morgan fingerprint density at radius 2 is 2.00 bits per heavy atom. The van der Waals surface area contributed by atoms with E-state index in [2.05, 4.69) is 0 Å². The van der Waals surface area contributed by atoms with Gasteiger partial charge in [-0.25, -0.2) is 0 Å². The van der Waals surface area contributed by atoms with E-state index in [4.69, 9.17) is 20.6 Å². The van der Waals surface area contributed by atoms with Crippen LogP contribution in [0.4, 0.5) is 5.69 Å². The monoisotopic (exact) mass is 231 g/mol. The van der Waals surface area contributed by atoms with Crippen LogP contribution in [0, 0.1) is 0 Å². The fourth-order valence-corrected chi connectivity index (χ4v) is 1.68. The number of rotatable bonds is 3. The van der Waals surface area contributed by atoms with Crippen molar-refractivity contribution in [3.05, 3.63) is 23.8 Å². The second-order valence-electron chi connectivity index (χ2n) is 3.00. The molecule has 0 fully saturated rings. The van der Waals surface area contributed by atoms with Crippen LogP contribution in [0.15, 0.2) is 18.2 Å². The van der Waals surface area contributed by atoms with Gasteiger partial charge in [-0.3, -0.25) is 9.36 Å². The van der Waals surface area contributed by atoms with E-state index in [-0.39, 0.29) is 23.0 Å². The number of carbonyl (C=O) groups is 1. The van der Waals surface area contributed by atoms with Crippen molar-refractivity contribution in [1.82, 2.24) is 0 Å². The Hall–Kier alpha value is -1.36. The topological polar surface area (TPSA) is 121 Å². The van der Waals surface area contributed by atoms with Gasteiger partial charge in [-0.1, -0.05) is 0 Å². The lowest BCUT2D eigenvalue weighted by Crippen LogP contribution is -2.10. The maximum Gasteiger partial charge on any atom is 0.356 e. The number of carboxylic acids is 1. The number of anilines is 1. The highest BCUT2D eigenvalue weighted by molar-refractivity contribution is 7.60. The summed E-state index contributed by atoms with van der Waals surface area (Å²) in [4.78, 5) is 28.2. The average molecular weight is 231 g/mol. The standard InChI is InChI=1S/C8H10NO5P/c9-7-2-1-6(15(12,13)14)3-5(7)4-8(10)11/h1-3H,4,9H2,(H,10,11)(H2,12,13,14). The Kier molecular flexibility index (Phi) is 3.14. The molecule has 0 spiro atoms. The number of hydrogen-bond donors (Lipinski definition) is 4. The van der Waals surface area contributed by atoms with Gasteiger partial charge >= 0.3 is 13.6 Å². The maximum absolute atomic E-state index is 10.9. The van der Waals surface area contributed by atoms with Gasteiger partial charge in [0.2, 0.25) is 0 Å². The number of carboxylic acid groups (broad SMARTS) is 1. The molecule has 15 heavy (non-hydrogen) atoms. The number of nitrogens with two attached hydrogens (primary N) is 1. The zero-order valence-corrected chi connectivity index (χ0v) is 8.52. The molecule has 0 saturated heterocycles. The van der Waals surface area contributed by atoms with E-state index in [1.54, 1.807) is 0 Å². The molecule has 0 aromatic heterocycles. The smallest absolute Gasteiger partial charge is 0.356 e. The van der Waals surface area contributed by atoms with Crippen molar-refractivity contribution in [2.75, 3.05) is 5.73 Å². The molecular formula is C8H10NO5P. The quantitative estimate of drug-likeness (QED) is 0.418. The summed E-state index contributed by atoms with van der Waals surface area (Å²) in [7, 11) is -4.36. The Bertz CT molecular complexity index is 439. The van der Waals surface area contributed by atoms with E-state index >= 15 is 0 Å². The first-order chi connectivity index (χ1) is 6.80. The summed E-state index contributed by atoms with van der Waals surface area (Å²) in [5.74, 6) is -1.11. The van der Waals surface area contributed by atoms with Crippen LogP contribution in [0.3, 0.4) is 0 Å². The molecule has 0 aliphatic heterocycles. The third kappa shape index (κ3) is 3.06. The van der Waals surface area contributed by atoms with Crippen molar-refractivity contribution < 1.29 is 24.3 Å². The molecule has 7 heteroatoms. The van der Waals surface area contributed by atoms with E-state index in [0.29, 0.717) is 0 Å². The molecule has 82 valence electrons. The van der Waals surface area contributed by atoms with Crippen LogP contribution in [-0.2, 0) is 15.8 Å². The van der Waals surface area contributed by atoms with Gasteiger partial charge < -0.3 is 20.6 Å². The molecule has 5 N–H and O–H groups in total. The van der Waals surface area contributed by atoms with Gasteiger partial charge in [-0.05, 0) is 23.8 Å². The predicted molar refractivity (Wildman–Crippen MR) is 53.9 cm³/mol. The average Bonchev–Trinajstić information content (AvgIpc) is 2.06. The minimum Gasteiger partial charge on any atom is -0.481 e. The molecule has 0 radical (unpaired) electrons. The molecule has 0 aliphatic rings. The van der Waals surface area contributed by atoms with Gasteiger partial charge in [0.05, 0.1) is 11.7 Å². The highest BCUT2D eigenvalue weighted by atomic mass is 31.2. The number of nitrogen functional groups attached to an aromatic ring is 1. The zero-order valence-electron chi connectivity index (χ0n) is 7.62. The summed E-state index contributed by atoms with van der Waals surface area (Å²) in [6, 6.07) is 3.58. The number of aliphatic carboxylic acids is 1. The molecule has 0 heterocycles. The molecule has 0 amide bonds. The van der Waals surface area contributed by atoms with Gasteiger partial charge in [0.1, 0.15) is 0 Å². The second-order valence-corrected chi connectivity index (χ2v) is 4.60. The Morgan fingerprint density at radius 1 is 1.40 bits per heavy atom. The third-order valence-electron chi connectivity index (χ3n) is 1.80. The first-order valence-corrected chi connectivity index (χ1v) is 5.58. The van der Waals surface area contributed by atoms with Crippen molar-refractivity contribution in [1.29, 1.82) is 0 Å².